The van der Waals surface area contributed by atoms with E-state index in [9.17, 15) is 22.8 Å². The third kappa shape index (κ3) is 6.93. The Labute approximate surface area is 203 Å². The van der Waals surface area contributed by atoms with E-state index in [1.807, 2.05) is 0 Å². The summed E-state index contributed by atoms with van der Waals surface area (Å²) in [6.45, 7) is 9.48. The van der Waals surface area contributed by atoms with Crippen molar-refractivity contribution in [2.75, 3.05) is 13.1 Å². The number of hydrogen-bond donors (Lipinski definition) is 1. The maximum absolute atomic E-state index is 14.4. The zero-order valence-corrected chi connectivity index (χ0v) is 20.6. The molecule has 0 radical (unpaired) electrons. The number of amides is 2. The van der Waals surface area contributed by atoms with Crippen molar-refractivity contribution in [2.24, 2.45) is 5.92 Å². The number of alkyl carbamates (subject to hydrolysis) is 1. The average Bonchev–Trinajstić information content (AvgIpc) is 2.75. The highest BCUT2D eigenvalue weighted by atomic mass is 19.2. The summed E-state index contributed by atoms with van der Waals surface area (Å²) in [5, 5.41) is 2.78. The smallest absolute Gasteiger partial charge is 0.407 e. The first kappa shape index (κ1) is 26.4. The fraction of sp³-hybridized carbons (Fsp3) is 0.520. The molecule has 190 valence electrons. The number of aromatic nitrogens is 2. The number of aryl methyl sites for hydroxylation is 2. The van der Waals surface area contributed by atoms with Gasteiger partial charge in [-0.1, -0.05) is 0 Å². The Hall–Kier alpha value is -3.17. The Morgan fingerprint density at radius 3 is 2.34 bits per heavy atom. The van der Waals surface area contributed by atoms with Gasteiger partial charge < -0.3 is 15.0 Å². The molecule has 0 spiro atoms. The lowest BCUT2D eigenvalue weighted by molar-refractivity contribution is 0.0450. The van der Waals surface area contributed by atoms with Gasteiger partial charge in [-0.2, -0.15) is 0 Å². The predicted octanol–water partition coefficient (Wildman–Crippen LogP) is 4.50. The monoisotopic (exact) mass is 492 g/mol. The number of nitrogens with one attached hydrogen (secondary N) is 1. The van der Waals surface area contributed by atoms with E-state index in [1.165, 1.54) is 6.20 Å². The minimum atomic E-state index is -1.27. The van der Waals surface area contributed by atoms with Crippen LogP contribution >= 0.6 is 0 Å². The molecule has 1 aliphatic rings. The maximum atomic E-state index is 14.4. The fourth-order valence-electron chi connectivity index (χ4n) is 4.22. The number of carbonyl (C=O) groups is 2. The third-order valence-electron chi connectivity index (χ3n) is 5.96. The van der Waals surface area contributed by atoms with Crippen molar-refractivity contribution in [1.82, 2.24) is 20.2 Å². The molecule has 1 aromatic heterocycles. The molecule has 1 N–H and O–H groups in total. The summed E-state index contributed by atoms with van der Waals surface area (Å²) >= 11 is 0. The van der Waals surface area contributed by atoms with Gasteiger partial charge >= 0.3 is 6.09 Å². The highest BCUT2D eigenvalue weighted by Gasteiger charge is 2.32. The summed E-state index contributed by atoms with van der Waals surface area (Å²) in [6.07, 6.45) is 1.82. The average molecular weight is 493 g/mol. The van der Waals surface area contributed by atoms with Crippen LogP contribution in [0.4, 0.5) is 18.0 Å². The number of hydrogen-bond acceptors (Lipinski definition) is 5. The van der Waals surface area contributed by atoms with Gasteiger partial charge in [-0.15, -0.1) is 0 Å². The Balaban J connectivity index is 1.75. The van der Waals surface area contributed by atoms with Gasteiger partial charge in [0.2, 0.25) is 0 Å². The molecular weight excluding hydrogens is 461 g/mol. The first-order chi connectivity index (χ1) is 16.3. The number of carbonyl (C=O) groups excluding carboxylic acids is 2. The number of nitrogens with zero attached hydrogens (tertiary/aromatic N) is 3. The summed E-state index contributed by atoms with van der Waals surface area (Å²) in [5.74, 6) is -3.06. The standard InChI is InChI=1S/C25H31F3N4O3/c1-14-18(13-29-15(2)30-14)23(33)32-8-6-16(7-9-32)22(31-24(34)35-25(3,4)5)11-17-10-20(27)21(28)12-19(17)26/h10,12-13,16,22H,6-9,11H2,1-5H3,(H,31,34)/t22-/m1/s1. The summed E-state index contributed by atoms with van der Waals surface area (Å²) in [7, 11) is 0. The molecule has 1 fully saturated rings. The van der Waals surface area contributed by atoms with Gasteiger partial charge in [0.15, 0.2) is 11.6 Å². The molecule has 0 saturated carbocycles. The Kier molecular flexibility index (Phi) is 8.02. The number of ether oxygens (including phenoxy) is 1. The van der Waals surface area contributed by atoms with Crippen molar-refractivity contribution in [1.29, 1.82) is 0 Å². The largest absolute Gasteiger partial charge is 0.444 e. The molecule has 2 aromatic rings. The van der Waals surface area contributed by atoms with E-state index in [1.54, 1.807) is 39.5 Å². The van der Waals surface area contributed by atoms with Crippen LogP contribution in [0.1, 0.15) is 61.1 Å². The lowest BCUT2D eigenvalue weighted by atomic mass is 9.85. The Bertz CT molecular complexity index is 1100. The first-order valence-corrected chi connectivity index (χ1v) is 11.6. The molecule has 1 atom stereocenters. The number of rotatable bonds is 5. The molecule has 0 aliphatic carbocycles. The normalized spacial score (nSPS) is 15.6. The Morgan fingerprint density at radius 2 is 1.74 bits per heavy atom. The van der Waals surface area contributed by atoms with E-state index in [-0.39, 0.29) is 23.8 Å². The second-order valence-corrected chi connectivity index (χ2v) is 9.86. The molecule has 35 heavy (non-hydrogen) atoms. The van der Waals surface area contributed by atoms with Crippen LogP contribution in [0.15, 0.2) is 18.3 Å². The van der Waals surface area contributed by atoms with Gasteiger partial charge in [-0.25, -0.2) is 27.9 Å². The highest BCUT2D eigenvalue weighted by molar-refractivity contribution is 5.95. The molecule has 3 rings (SSSR count). The van der Waals surface area contributed by atoms with Crippen molar-refractivity contribution < 1.29 is 27.5 Å². The van der Waals surface area contributed by atoms with Gasteiger partial charge in [0, 0.05) is 31.4 Å². The SMILES string of the molecule is Cc1ncc(C(=O)N2CCC([C@@H](Cc3cc(F)c(F)cc3F)NC(=O)OC(C)(C)C)CC2)c(C)n1. The lowest BCUT2D eigenvalue weighted by Crippen LogP contribution is -2.49. The first-order valence-electron chi connectivity index (χ1n) is 11.6. The van der Waals surface area contributed by atoms with Crippen molar-refractivity contribution in [3.05, 3.63) is 58.4 Å². The van der Waals surface area contributed by atoms with E-state index in [0.29, 0.717) is 49.1 Å². The van der Waals surface area contributed by atoms with E-state index >= 15 is 0 Å². The zero-order chi connectivity index (χ0) is 25.9. The van der Waals surface area contributed by atoms with Crippen LogP contribution in [-0.4, -0.2) is 51.6 Å². The second kappa shape index (κ2) is 10.6. The van der Waals surface area contributed by atoms with Crippen LogP contribution in [0.25, 0.3) is 0 Å². The summed E-state index contributed by atoms with van der Waals surface area (Å²) < 4.78 is 46.9. The molecule has 10 heteroatoms. The number of piperidine rings is 1. The van der Waals surface area contributed by atoms with Crippen LogP contribution in [0.3, 0.4) is 0 Å². The molecule has 1 aliphatic heterocycles. The highest BCUT2D eigenvalue weighted by Crippen LogP contribution is 2.26. The molecule has 2 heterocycles. The minimum Gasteiger partial charge on any atom is -0.444 e. The third-order valence-corrected chi connectivity index (χ3v) is 5.96. The van der Waals surface area contributed by atoms with Crippen LogP contribution in [-0.2, 0) is 11.2 Å². The summed E-state index contributed by atoms with van der Waals surface area (Å²) in [6, 6.07) is 0.710. The summed E-state index contributed by atoms with van der Waals surface area (Å²) in [5.41, 5.74) is 0.242. The molecular formula is C25H31F3N4O3. The topological polar surface area (TPSA) is 84.4 Å². The minimum absolute atomic E-state index is 0.0455. The second-order valence-electron chi connectivity index (χ2n) is 9.86. The van der Waals surface area contributed by atoms with Crippen LogP contribution < -0.4 is 5.32 Å². The number of likely N-dealkylation sites (tertiary alicyclic amines) is 1. The van der Waals surface area contributed by atoms with Gasteiger partial charge in [0.05, 0.1) is 11.3 Å². The van der Waals surface area contributed by atoms with E-state index in [4.69, 9.17) is 4.74 Å². The van der Waals surface area contributed by atoms with Crippen molar-refractivity contribution in [2.45, 2.75) is 65.5 Å². The molecule has 0 unspecified atom stereocenters. The quantitative estimate of drug-likeness (QED) is 0.622. The van der Waals surface area contributed by atoms with E-state index in [2.05, 4.69) is 15.3 Å². The predicted molar refractivity (Wildman–Crippen MR) is 123 cm³/mol. The van der Waals surface area contributed by atoms with Gasteiger partial charge in [0.25, 0.3) is 5.91 Å². The number of benzene rings is 1. The molecule has 1 saturated heterocycles. The van der Waals surface area contributed by atoms with E-state index < -0.39 is 35.2 Å². The fourth-order valence-corrected chi connectivity index (χ4v) is 4.22. The van der Waals surface area contributed by atoms with Crippen molar-refractivity contribution in [3.63, 3.8) is 0 Å². The molecule has 0 bridgehead atoms. The van der Waals surface area contributed by atoms with Crippen LogP contribution in [0.2, 0.25) is 0 Å². The molecule has 1 aromatic carbocycles. The van der Waals surface area contributed by atoms with Crippen LogP contribution in [0, 0.1) is 37.2 Å². The summed E-state index contributed by atoms with van der Waals surface area (Å²) in [4.78, 5) is 35.5. The van der Waals surface area contributed by atoms with Gasteiger partial charge in [-0.3, -0.25) is 4.79 Å². The van der Waals surface area contributed by atoms with Crippen molar-refractivity contribution in [3.8, 4) is 0 Å². The van der Waals surface area contributed by atoms with Gasteiger partial charge in [0.1, 0.15) is 17.2 Å². The lowest BCUT2D eigenvalue weighted by Gasteiger charge is -2.37. The van der Waals surface area contributed by atoms with Crippen molar-refractivity contribution >= 4 is 12.0 Å². The zero-order valence-electron chi connectivity index (χ0n) is 20.6. The van der Waals surface area contributed by atoms with Gasteiger partial charge in [-0.05, 0) is 71.4 Å². The molecule has 2 amide bonds. The molecule has 7 nitrogen and oxygen atoms in total. The Morgan fingerprint density at radius 1 is 1.11 bits per heavy atom. The van der Waals surface area contributed by atoms with Crippen LogP contribution in [0.5, 0.6) is 0 Å². The maximum Gasteiger partial charge on any atom is 0.407 e. The van der Waals surface area contributed by atoms with E-state index in [0.717, 1.165) is 6.07 Å². The number of halogens is 3.